The molecule has 0 atom stereocenters. The molecular weight excluding hydrogens is 228 g/mol. The Balaban J connectivity index is 2.47. The molecule has 1 aromatic rings. The maximum absolute atomic E-state index is 8.63. The Morgan fingerprint density at radius 2 is 2.06 bits per heavy atom. The van der Waals surface area contributed by atoms with Gasteiger partial charge in [-0.15, -0.1) is 0 Å². The smallest absolute Gasteiger partial charge is 0.122 e. The number of aliphatic hydroxyl groups excluding tert-OH is 1. The second-order valence-electron chi connectivity index (χ2n) is 3.90. The summed E-state index contributed by atoms with van der Waals surface area (Å²) in [6.45, 7) is 5.88. The van der Waals surface area contributed by atoms with Crippen molar-refractivity contribution in [1.29, 1.82) is 0 Å². The van der Waals surface area contributed by atoms with Crippen LogP contribution in [0.3, 0.4) is 0 Å². The molecule has 0 saturated carbocycles. The molecule has 1 rings (SSSR count). The van der Waals surface area contributed by atoms with E-state index >= 15 is 0 Å². The third kappa shape index (κ3) is 5.22. The Kier molecular flexibility index (Phi) is 6.93. The molecule has 98 valence electrons. The van der Waals surface area contributed by atoms with Crippen LogP contribution in [-0.2, 0) is 4.74 Å². The first-order chi connectivity index (χ1) is 8.77. The summed E-state index contributed by atoms with van der Waals surface area (Å²) in [4.78, 5) is 0. The molecule has 0 aliphatic rings. The van der Waals surface area contributed by atoms with E-state index in [-0.39, 0.29) is 6.61 Å². The number of ether oxygens (including phenoxy) is 2. The molecular formula is C15H20O3. The fourth-order valence-corrected chi connectivity index (χ4v) is 1.49. The van der Waals surface area contributed by atoms with Crippen LogP contribution in [0, 0.1) is 18.8 Å². The highest BCUT2D eigenvalue weighted by molar-refractivity contribution is 5.43. The Bertz CT molecular complexity index is 415. The van der Waals surface area contributed by atoms with Crippen LogP contribution in [0.4, 0.5) is 0 Å². The molecule has 0 fully saturated rings. The van der Waals surface area contributed by atoms with Gasteiger partial charge in [-0.3, -0.25) is 0 Å². The number of rotatable bonds is 6. The van der Waals surface area contributed by atoms with E-state index in [9.17, 15) is 0 Å². The number of aryl methyl sites for hydroxylation is 1. The second-order valence-corrected chi connectivity index (χ2v) is 3.90. The molecule has 0 unspecified atom stereocenters. The standard InChI is InChI=1S/C15H20O3/c1-3-9-17-10-11-18-15-7-6-14(5-4-8-16)12-13(15)2/h6-7,12,16H,3,8-11H2,1-2H3. The van der Waals surface area contributed by atoms with Crippen LogP contribution >= 0.6 is 0 Å². The van der Waals surface area contributed by atoms with Crippen molar-refractivity contribution in [1.82, 2.24) is 0 Å². The van der Waals surface area contributed by atoms with Crippen molar-refractivity contribution in [3.8, 4) is 17.6 Å². The third-order valence-corrected chi connectivity index (χ3v) is 2.32. The maximum atomic E-state index is 8.63. The summed E-state index contributed by atoms with van der Waals surface area (Å²) in [5.41, 5.74) is 1.92. The van der Waals surface area contributed by atoms with Crippen molar-refractivity contribution in [3.63, 3.8) is 0 Å². The molecule has 0 aliphatic heterocycles. The molecule has 0 radical (unpaired) electrons. The molecule has 0 aromatic heterocycles. The van der Waals surface area contributed by atoms with Crippen molar-refractivity contribution >= 4 is 0 Å². The number of hydrogen-bond donors (Lipinski definition) is 1. The Labute approximate surface area is 109 Å². The highest BCUT2D eigenvalue weighted by Gasteiger charge is 2.00. The molecule has 0 heterocycles. The summed E-state index contributed by atoms with van der Waals surface area (Å²) in [6.07, 6.45) is 1.03. The average Bonchev–Trinajstić information content (AvgIpc) is 2.38. The van der Waals surface area contributed by atoms with E-state index in [0.717, 1.165) is 29.9 Å². The zero-order valence-corrected chi connectivity index (χ0v) is 11.0. The van der Waals surface area contributed by atoms with Gasteiger partial charge in [-0.1, -0.05) is 18.8 Å². The van der Waals surface area contributed by atoms with Gasteiger partial charge in [0, 0.05) is 12.2 Å². The number of benzene rings is 1. The zero-order valence-electron chi connectivity index (χ0n) is 11.0. The quantitative estimate of drug-likeness (QED) is 0.619. The fraction of sp³-hybridized carbons (Fsp3) is 0.467. The SMILES string of the molecule is CCCOCCOc1ccc(C#CCO)cc1C. The van der Waals surface area contributed by atoms with Crippen molar-refractivity contribution in [2.45, 2.75) is 20.3 Å². The molecule has 18 heavy (non-hydrogen) atoms. The van der Waals surface area contributed by atoms with Gasteiger partial charge in [-0.05, 0) is 37.1 Å². The third-order valence-electron chi connectivity index (χ3n) is 2.32. The predicted octanol–water partition coefficient (Wildman–Crippen LogP) is 2.14. The van der Waals surface area contributed by atoms with Gasteiger partial charge in [-0.2, -0.15) is 0 Å². The summed E-state index contributed by atoms with van der Waals surface area (Å²) in [7, 11) is 0. The molecule has 0 saturated heterocycles. The number of hydrogen-bond acceptors (Lipinski definition) is 3. The van der Waals surface area contributed by atoms with E-state index in [1.54, 1.807) is 0 Å². The molecule has 3 nitrogen and oxygen atoms in total. The molecule has 3 heteroatoms. The molecule has 0 aliphatic carbocycles. The van der Waals surface area contributed by atoms with Crippen LogP contribution in [0.2, 0.25) is 0 Å². The summed E-state index contributed by atoms with van der Waals surface area (Å²) < 4.78 is 11.0. The Hall–Kier alpha value is -1.50. The van der Waals surface area contributed by atoms with Crippen LogP contribution in [0.25, 0.3) is 0 Å². The van der Waals surface area contributed by atoms with Crippen LogP contribution < -0.4 is 4.74 Å². The topological polar surface area (TPSA) is 38.7 Å². The van der Waals surface area contributed by atoms with Crippen LogP contribution in [0.15, 0.2) is 18.2 Å². The highest BCUT2D eigenvalue weighted by Crippen LogP contribution is 2.18. The van der Waals surface area contributed by atoms with E-state index in [0.29, 0.717) is 13.2 Å². The first-order valence-corrected chi connectivity index (χ1v) is 6.19. The van der Waals surface area contributed by atoms with E-state index in [2.05, 4.69) is 18.8 Å². The van der Waals surface area contributed by atoms with Crippen molar-refractivity contribution in [2.24, 2.45) is 0 Å². The minimum Gasteiger partial charge on any atom is -0.491 e. The monoisotopic (exact) mass is 248 g/mol. The van der Waals surface area contributed by atoms with Gasteiger partial charge in [0.25, 0.3) is 0 Å². The van der Waals surface area contributed by atoms with Gasteiger partial charge >= 0.3 is 0 Å². The lowest BCUT2D eigenvalue weighted by molar-refractivity contribution is 0.100. The van der Waals surface area contributed by atoms with Crippen LogP contribution in [0.1, 0.15) is 24.5 Å². The van der Waals surface area contributed by atoms with Crippen molar-refractivity contribution in [2.75, 3.05) is 26.4 Å². The summed E-state index contributed by atoms with van der Waals surface area (Å²) in [5, 5.41) is 8.63. The average molecular weight is 248 g/mol. The molecule has 0 bridgehead atoms. The number of aliphatic hydroxyl groups is 1. The van der Waals surface area contributed by atoms with Crippen molar-refractivity contribution in [3.05, 3.63) is 29.3 Å². The lowest BCUT2D eigenvalue weighted by Crippen LogP contribution is -2.07. The van der Waals surface area contributed by atoms with E-state index in [1.165, 1.54) is 0 Å². The van der Waals surface area contributed by atoms with Crippen molar-refractivity contribution < 1.29 is 14.6 Å². The summed E-state index contributed by atoms with van der Waals surface area (Å²) >= 11 is 0. The normalized spacial score (nSPS) is 9.72. The van der Waals surface area contributed by atoms with Gasteiger partial charge < -0.3 is 14.6 Å². The molecule has 1 aromatic carbocycles. The minimum atomic E-state index is -0.119. The van der Waals surface area contributed by atoms with Gasteiger partial charge in [0.05, 0.1) is 6.61 Å². The minimum absolute atomic E-state index is 0.119. The highest BCUT2D eigenvalue weighted by atomic mass is 16.5. The van der Waals surface area contributed by atoms with E-state index in [1.807, 2.05) is 25.1 Å². The zero-order chi connectivity index (χ0) is 13.2. The van der Waals surface area contributed by atoms with E-state index < -0.39 is 0 Å². The van der Waals surface area contributed by atoms with Gasteiger partial charge in [0.1, 0.15) is 19.0 Å². The maximum Gasteiger partial charge on any atom is 0.122 e. The first-order valence-electron chi connectivity index (χ1n) is 6.19. The van der Waals surface area contributed by atoms with Gasteiger partial charge in [0.2, 0.25) is 0 Å². The lowest BCUT2D eigenvalue weighted by atomic mass is 10.1. The molecule has 0 spiro atoms. The first kappa shape index (κ1) is 14.6. The largest absolute Gasteiger partial charge is 0.491 e. The predicted molar refractivity (Wildman–Crippen MR) is 71.7 cm³/mol. The van der Waals surface area contributed by atoms with Gasteiger partial charge in [0.15, 0.2) is 0 Å². The summed E-state index contributed by atoms with van der Waals surface area (Å²) in [5.74, 6) is 6.34. The second kappa shape index (κ2) is 8.57. The molecule has 1 N–H and O–H groups in total. The molecule has 0 amide bonds. The van der Waals surface area contributed by atoms with Crippen LogP contribution in [-0.4, -0.2) is 31.5 Å². The lowest BCUT2D eigenvalue weighted by Gasteiger charge is -2.09. The van der Waals surface area contributed by atoms with Gasteiger partial charge in [-0.25, -0.2) is 0 Å². The Morgan fingerprint density at radius 3 is 2.72 bits per heavy atom. The van der Waals surface area contributed by atoms with E-state index in [4.69, 9.17) is 14.6 Å². The fourth-order valence-electron chi connectivity index (χ4n) is 1.49. The Morgan fingerprint density at radius 1 is 1.22 bits per heavy atom. The summed E-state index contributed by atoms with van der Waals surface area (Å²) in [6, 6.07) is 5.74. The van der Waals surface area contributed by atoms with Crippen LogP contribution in [0.5, 0.6) is 5.75 Å².